The van der Waals surface area contributed by atoms with Crippen LogP contribution in [-0.4, -0.2) is 31.6 Å². The predicted octanol–water partition coefficient (Wildman–Crippen LogP) is -0.986. The average molecular weight is 199 g/mol. The molecule has 0 unspecified atom stereocenters. The molecule has 4 N–H and O–H groups in total. The second-order valence-electron chi connectivity index (χ2n) is 1.45. The van der Waals surface area contributed by atoms with Crippen molar-refractivity contribution >= 4 is 26.3 Å². The minimum Gasteiger partial charge on any atom is -0.315 e. The molecule has 0 aromatic carbocycles. The van der Waals surface area contributed by atoms with Crippen LogP contribution in [0.1, 0.15) is 0 Å². The van der Waals surface area contributed by atoms with Crippen LogP contribution in [0.5, 0.6) is 0 Å². The average Bonchev–Trinajstić information content (AvgIpc) is 1.85. The minimum absolute atomic E-state index is 0.205. The molecule has 11 heavy (non-hydrogen) atoms. The molecule has 66 valence electrons. The summed E-state index contributed by atoms with van der Waals surface area (Å²) in [6, 6.07) is 0. The first-order valence-corrected chi connectivity index (χ1v) is 5.57. The number of nitrogens with zero attached hydrogens (tertiary/aromatic N) is 1. The molecular formula is C3H9N3O3S2. The molecule has 0 bridgehead atoms. The lowest BCUT2D eigenvalue weighted by atomic mass is 10.8. The molecule has 0 spiro atoms. The van der Waals surface area contributed by atoms with Gasteiger partial charge in [0, 0.05) is 5.75 Å². The van der Waals surface area contributed by atoms with Crippen molar-refractivity contribution in [2.45, 2.75) is 0 Å². The monoisotopic (exact) mass is 199 g/mol. The van der Waals surface area contributed by atoms with Gasteiger partial charge in [-0.05, 0) is 10.8 Å². The van der Waals surface area contributed by atoms with Gasteiger partial charge in [-0.3, -0.25) is 9.55 Å². The van der Waals surface area contributed by atoms with Gasteiger partial charge in [-0.1, -0.05) is 0 Å². The maximum absolute atomic E-state index is 10.1. The van der Waals surface area contributed by atoms with Gasteiger partial charge in [0.15, 0.2) is 0 Å². The van der Waals surface area contributed by atoms with Gasteiger partial charge in [0.2, 0.25) is 0 Å². The highest BCUT2D eigenvalue weighted by Crippen LogP contribution is 2.07. The van der Waals surface area contributed by atoms with Crippen molar-refractivity contribution < 1.29 is 13.0 Å². The summed E-state index contributed by atoms with van der Waals surface area (Å²) in [6.45, 7) is 0.286. The van der Waals surface area contributed by atoms with E-state index in [4.69, 9.17) is 10.4 Å². The third-order valence-electron chi connectivity index (χ3n) is 0.618. The molecule has 0 atom stereocenters. The number of hydrogen-bond donors (Lipinski definition) is 3. The molecule has 0 aliphatic heterocycles. The Kier molecular flexibility index (Phi) is 5.20. The van der Waals surface area contributed by atoms with Crippen LogP contribution in [0.15, 0.2) is 4.99 Å². The van der Waals surface area contributed by atoms with Crippen LogP contribution in [0.3, 0.4) is 0 Å². The van der Waals surface area contributed by atoms with Crippen molar-refractivity contribution in [2.75, 3.05) is 12.3 Å². The standard InChI is InChI=1S/C3H9N3O3S2/c4-6-3-5-1-2-10-11(7,8)9/h3H,1-2,4H2,(H,5,6)(H,7,8,9). The molecule has 0 heterocycles. The largest absolute Gasteiger partial charge is 0.319 e. The lowest BCUT2D eigenvalue weighted by Gasteiger charge is -1.92. The summed E-state index contributed by atoms with van der Waals surface area (Å²) in [6.07, 6.45) is 1.24. The summed E-state index contributed by atoms with van der Waals surface area (Å²) in [5.41, 5.74) is 2.15. The van der Waals surface area contributed by atoms with Gasteiger partial charge in [-0.2, -0.15) is 8.42 Å². The highest BCUT2D eigenvalue weighted by Gasteiger charge is 2.02. The number of hydrogen-bond acceptors (Lipinski definition) is 5. The molecule has 6 nitrogen and oxygen atoms in total. The first kappa shape index (κ1) is 10.7. The van der Waals surface area contributed by atoms with E-state index in [0.717, 1.165) is 0 Å². The lowest BCUT2D eigenvalue weighted by Crippen LogP contribution is -2.19. The number of nitrogens with one attached hydrogen (secondary N) is 1. The van der Waals surface area contributed by atoms with Gasteiger partial charge >= 0.3 is 9.15 Å². The lowest BCUT2D eigenvalue weighted by molar-refractivity contribution is 0.503. The summed E-state index contributed by atoms with van der Waals surface area (Å²) >= 11 is 0. The van der Waals surface area contributed by atoms with E-state index in [1.807, 2.05) is 0 Å². The Bertz CT molecular complexity index is 212. The van der Waals surface area contributed by atoms with Crippen molar-refractivity contribution in [2.24, 2.45) is 10.8 Å². The van der Waals surface area contributed by atoms with Crippen LogP contribution in [-0.2, 0) is 9.15 Å². The fourth-order valence-corrected chi connectivity index (χ4v) is 1.56. The molecule has 0 fully saturated rings. The van der Waals surface area contributed by atoms with E-state index in [1.165, 1.54) is 6.34 Å². The van der Waals surface area contributed by atoms with Gasteiger partial charge in [0.25, 0.3) is 0 Å². The zero-order valence-electron chi connectivity index (χ0n) is 5.60. The molecule has 0 aliphatic rings. The Morgan fingerprint density at radius 3 is 2.82 bits per heavy atom. The number of nitrogens with two attached hydrogens (primary N) is 1. The highest BCUT2D eigenvalue weighted by atomic mass is 33.1. The molecular weight excluding hydrogens is 190 g/mol. The summed E-state index contributed by atoms with van der Waals surface area (Å²) in [7, 11) is -3.49. The quantitative estimate of drug-likeness (QED) is 0.0999. The van der Waals surface area contributed by atoms with Gasteiger partial charge in [-0.25, -0.2) is 5.84 Å². The minimum atomic E-state index is -3.92. The number of rotatable bonds is 5. The maximum Gasteiger partial charge on any atom is 0.319 e. The zero-order chi connectivity index (χ0) is 8.74. The van der Waals surface area contributed by atoms with E-state index in [-0.39, 0.29) is 12.3 Å². The normalized spacial score (nSPS) is 12.2. The third-order valence-corrected chi connectivity index (χ3v) is 2.66. The first-order chi connectivity index (χ1) is 5.06. The van der Waals surface area contributed by atoms with Crippen LogP contribution < -0.4 is 11.3 Å². The molecule has 0 aromatic rings. The second-order valence-corrected chi connectivity index (χ2v) is 4.92. The van der Waals surface area contributed by atoms with E-state index < -0.39 is 9.15 Å². The topological polar surface area (TPSA) is 105 Å². The van der Waals surface area contributed by atoms with Crippen molar-refractivity contribution in [3.05, 3.63) is 0 Å². The van der Waals surface area contributed by atoms with Crippen LogP contribution in [0.25, 0.3) is 0 Å². The van der Waals surface area contributed by atoms with Crippen LogP contribution in [0.2, 0.25) is 0 Å². The Balaban J connectivity index is 3.36. The molecule has 0 radical (unpaired) electrons. The highest BCUT2D eigenvalue weighted by molar-refractivity contribution is 8.69. The van der Waals surface area contributed by atoms with Gasteiger partial charge in [-0.15, -0.1) is 0 Å². The van der Waals surface area contributed by atoms with Crippen LogP contribution in [0.4, 0.5) is 0 Å². The van der Waals surface area contributed by atoms with E-state index in [2.05, 4.69) is 10.4 Å². The summed E-state index contributed by atoms with van der Waals surface area (Å²) < 4.78 is 28.4. The molecule has 0 saturated heterocycles. The SMILES string of the molecule is NNC=NCCSS(=O)(=O)O. The Morgan fingerprint density at radius 2 is 2.36 bits per heavy atom. The molecule has 0 aliphatic carbocycles. The van der Waals surface area contributed by atoms with E-state index in [0.29, 0.717) is 10.8 Å². The fraction of sp³-hybridized carbons (Fsp3) is 0.667. The van der Waals surface area contributed by atoms with E-state index >= 15 is 0 Å². The van der Waals surface area contributed by atoms with Crippen LogP contribution in [0, 0.1) is 0 Å². The maximum atomic E-state index is 10.1. The van der Waals surface area contributed by atoms with Gasteiger partial charge < -0.3 is 5.43 Å². The van der Waals surface area contributed by atoms with E-state index in [9.17, 15) is 8.42 Å². The Labute approximate surface area is 68.4 Å². The smallest absolute Gasteiger partial charge is 0.315 e. The molecule has 0 aromatic heterocycles. The van der Waals surface area contributed by atoms with Crippen molar-refractivity contribution in [1.29, 1.82) is 0 Å². The first-order valence-electron chi connectivity index (χ1n) is 2.62. The summed E-state index contributed by atoms with van der Waals surface area (Å²) in [5.74, 6) is 5.03. The zero-order valence-corrected chi connectivity index (χ0v) is 7.23. The number of hydrazine groups is 1. The van der Waals surface area contributed by atoms with Gasteiger partial charge in [0.1, 0.15) is 0 Å². The third kappa shape index (κ3) is 9.69. The summed E-state index contributed by atoms with van der Waals surface area (Å²) in [4.78, 5) is 3.64. The predicted molar refractivity (Wildman–Crippen MR) is 44.7 cm³/mol. The Hall–Kier alpha value is -0.310. The van der Waals surface area contributed by atoms with Crippen molar-refractivity contribution in [3.63, 3.8) is 0 Å². The van der Waals surface area contributed by atoms with Gasteiger partial charge in [0.05, 0.1) is 12.9 Å². The Morgan fingerprint density at radius 1 is 1.73 bits per heavy atom. The summed E-state index contributed by atoms with van der Waals surface area (Å²) in [5, 5.41) is 0. The molecule has 8 heteroatoms. The molecule has 0 saturated carbocycles. The second kappa shape index (κ2) is 5.35. The fourth-order valence-electron chi connectivity index (χ4n) is 0.313. The van der Waals surface area contributed by atoms with Crippen LogP contribution >= 0.6 is 10.8 Å². The van der Waals surface area contributed by atoms with Crippen molar-refractivity contribution in [3.8, 4) is 0 Å². The molecule has 0 amide bonds. The molecule has 0 rings (SSSR count). The van der Waals surface area contributed by atoms with Crippen molar-refractivity contribution in [1.82, 2.24) is 5.43 Å². The van der Waals surface area contributed by atoms with E-state index in [1.54, 1.807) is 0 Å². The number of aliphatic imine (C=N–C) groups is 1.